The molecule has 0 saturated heterocycles. The predicted molar refractivity (Wildman–Crippen MR) is 62.1 cm³/mol. The number of oxazole rings is 1. The summed E-state index contributed by atoms with van der Waals surface area (Å²) in [6.07, 6.45) is 1.65. The Bertz CT molecular complexity index is 459. The van der Waals surface area contributed by atoms with Crippen molar-refractivity contribution in [3.05, 3.63) is 41.8 Å². The molecule has 0 aliphatic heterocycles. The number of rotatable bonds is 3. The van der Waals surface area contributed by atoms with E-state index >= 15 is 0 Å². The molecule has 1 heterocycles. The first-order valence-electron chi connectivity index (χ1n) is 5.26. The second-order valence-electron chi connectivity index (χ2n) is 3.81. The summed E-state index contributed by atoms with van der Waals surface area (Å²) in [5, 5.41) is 0. The van der Waals surface area contributed by atoms with Gasteiger partial charge in [0.25, 0.3) is 0 Å². The fourth-order valence-corrected chi connectivity index (χ4v) is 1.42. The Morgan fingerprint density at radius 1 is 1.25 bits per heavy atom. The summed E-state index contributed by atoms with van der Waals surface area (Å²) in [7, 11) is 1.65. The van der Waals surface area contributed by atoms with Gasteiger partial charge in [0.1, 0.15) is 6.10 Å². The lowest BCUT2D eigenvalue weighted by Crippen LogP contribution is -1.92. The van der Waals surface area contributed by atoms with Crippen LogP contribution in [0.15, 0.2) is 34.9 Å². The predicted octanol–water partition coefficient (Wildman–Crippen LogP) is 3.36. The first-order valence-corrected chi connectivity index (χ1v) is 5.26. The van der Waals surface area contributed by atoms with Crippen molar-refractivity contribution in [1.29, 1.82) is 0 Å². The van der Waals surface area contributed by atoms with Gasteiger partial charge < -0.3 is 9.15 Å². The molecule has 0 fully saturated rings. The van der Waals surface area contributed by atoms with E-state index in [0.717, 1.165) is 11.3 Å². The third kappa shape index (κ3) is 2.14. The van der Waals surface area contributed by atoms with Crippen molar-refractivity contribution in [1.82, 2.24) is 4.98 Å². The van der Waals surface area contributed by atoms with Gasteiger partial charge in [0.15, 0.2) is 5.76 Å². The zero-order valence-corrected chi connectivity index (χ0v) is 9.73. The van der Waals surface area contributed by atoms with Crippen molar-refractivity contribution in [3.63, 3.8) is 0 Å². The number of hydrogen-bond donors (Lipinski definition) is 0. The van der Waals surface area contributed by atoms with Crippen LogP contribution in [0, 0.1) is 6.92 Å². The zero-order valence-electron chi connectivity index (χ0n) is 9.73. The molecule has 1 unspecified atom stereocenters. The molecule has 3 nitrogen and oxygen atoms in total. The lowest BCUT2D eigenvalue weighted by atomic mass is 10.1. The smallest absolute Gasteiger partial charge is 0.226 e. The minimum absolute atomic E-state index is 0.0632. The Morgan fingerprint density at radius 2 is 1.94 bits per heavy atom. The van der Waals surface area contributed by atoms with Crippen molar-refractivity contribution in [3.8, 4) is 11.5 Å². The van der Waals surface area contributed by atoms with Crippen molar-refractivity contribution in [2.24, 2.45) is 0 Å². The average Bonchev–Trinajstić information content (AvgIpc) is 2.78. The standard InChI is InChI=1S/C13H15NO2/c1-9-4-6-11(7-5-9)13-14-8-12(16-13)10(2)15-3/h4-8,10H,1-3H3. The van der Waals surface area contributed by atoms with Crippen LogP contribution in [0.2, 0.25) is 0 Å². The number of aryl methyl sites for hydroxylation is 1. The van der Waals surface area contributed by atoms with Crippen molar-refractivity contribution >= 4 is 0 Å². The Kier molecular flexibility index (Phi) is 3.06. The number of ether oxygens (including phenoxy) is 1. The molecular weight excluding hydrogens is 202 g/mol. The largest absolute Gasteiger partial charge is 0.438 e. The lowest BCUT2D eigenvalue weighted by Gasteiger charge is -2.03. The molecule has 0 N–H and O–H groups in total. The van der Waals surface area contributed by atoms with Gasteiger partial charge in [-0.2, -0.15) is 0 Å². The van der Waals surface area contributed by atoms with E-state index in [4.69, 9.17) is 9.15 Å². The SMILES string of the molecule is COC(C)c1cnc(-c2ccc(C)cc2)o1. The van der Waals surface area contributed by atoms with Crippen LogP contribution in [0.3, 0.4) is 0 Å². The quantitative estimate of drug-likeness (QED) is 0.790. The molecule has 0 radical (unpaired) electrons. The lowest BCUT2D eigenvalue weighted by molar-refractivity contribution is 0.100. The fourth-order valence-electron chi connectivity index (χ4n) is 1.42. The van der Waals surface area contributed by atoms with E-state index in [1.165, 1.54) is 5.56 Å². The van der Waals surface area contributed by atoms with Gasteiger partial charge >= 0.3 is 0 Å². The van der Waals surface area contributed by atoms with Crippen LogP contribution in [-0.4, -0.2) is 12.1 Å². The maximum atomic E-state index is 5.63. The molecule has 0 amide bonds. The summed E-state index contributed by atoms with van der Waals surface area (Å²) in [6.45, 7) is 3.98. The third-order valence-electron chi connectivity index (χ3n) is 2.58. The summed E-state index contributed by atoms with van der Waals surface area (Å²) >= 11 is 0. The van der Waals surface area contributed by atoms with Crippen LogP contribution in [0.25, 0.3) is 11.5 Å². The number of hydrogen-bond acceptors (Lipinski definition) is 3. The van der Waals surface area contributed by atoms with Crippen molar-refractivity contribution < 1.29 is 9.15 Å². The highest BCUT2D eigenvalue weighted by Crippen LogP contribution is 2.23. The van der Waals surface area contributed by atoms with Gasteiger partial charge in [0.05, 0.1) is 6.20 Å². The Hall–Kier alpha value is -1.61. The maximum absolute atomic E-state index is 5.63. The molecule has 0 aliphatic carbocycles. The molecule has 0 saturated carbocycles. The van der Waals surface area contributed by atoms with E-state index in [-0.39, 0.29) is 6.10 Å². The Balaban J connectivity index is 2.28. The molecule has 1 atom stereocenters. The van der Waals surface area contributed by atoms with Crippen LogP contribution in [-0.2, 0) is 4.74 Å². The van der Waals surface area contributed by atoms with Crippen LogP contribution in [0.4, 0.5) is 0 Å². The van der Waals surface area contributed by atoms with Crippen LogP contribution >= 0.6 is 0 Å². The van der Waals surface area contributed by atoms with Gasteiger partial charge in [-0.25, -0.2) is 4.98 Å². The number of methoxy groups -OCH3 is 1. The minimum Gasteiger partial charge on any atom is -0.438 e. The molecular formula is C13H15NO2. The molecule has 3 heteroatoms. The maximum Gasteiger partial charge on any atom is 0.226 e. The van der Waals surface area contributed by atoms with E-state index in [1.54, 1.807) is 13.3 Å². The van der Waals surface area contributed by atoms with Crippen molar-refractivity contribution in [2.75, 3.05) is 7.11 Å². The number of benzene rings is 1. The second kappa shape index (κ2) is 4.49. The topological polar surface area (TPSA) is 35.3 Å². The van der Waals surface area contributed by atoms with Crippen LogP contribution < -0.4 is 0 Å². The first kappa shape index (κ1) is 10.9. The minimum atomic E-state index is -0.0632. The van der Waals surface area contributed by atoms with Crippen molar-refractivity contribution in [2.45, 2.75) is 20.0 Å². The van der Waals surface area contributed by atoms with E-state index < -0.39 is 0 Å². The van der Waals surface area contributed by atoms with E-state index in [0.29, 0.717) is 5.89 Å². The molecule has 0 spiro atoms. The fraction of sp³-hybridized carbons (Fsp3) is 0.308. The second-order valence-corrected chi connectivity index (χ2v) is 3.81. The number of nitrogens with zero attached hydrogens (tertiary/aromatic N) is 1. The average molecular weight is 217 g/mol. The summed E-state index contributed by atoms with van der Waals surface area (Å²) in [5.74, 6) is 1.39. The normalized spacial score (nSPS) is 12.7. The molecule has 0 aliphatic rings. The number of aromatic nitrogens is 1. The van der Waals surface area contributed by atoms with Gasteiger partial charge in [-0.05, 0) is 26.0 Å². The molecule has 84 valence electrons. The van der Waals surface area contributed by atoms with Crippen LogP contribution in [0.1, 0.15) is 24.4 Å². The zero-order chi connectivity index (χ0) is 11.5. The van der Waals surface area contributed by atoms with Gasteiger partial charge in [-0.15, -0.1) is 0 Å². The molecule has 2 rings (SSSR count). The molecule has 16 heavy (non-hydrogen) atoms. The monoisotopic (exact) mass is 217 g/mol. The highest BCUT2D eigenvalue weighted by atomic mass is 16.5. The molecule has 1 aromatic carbocycles. The highest BCUT2D eigenvalue weighted by molar-refractivity contribution is 5.53. The van der Waals surface area contributed by atoms with Gasteiger partial charge in [0.2, 0.25) is 5.89 Å². The summed E-state index contributed by atoms with van der Waals surface area (Å²) in [5.41, 5.74) is 2.21. The van der Waals surface area contributed by atoms with E-state index in [9.17, 15) is 0 Å². The molecule has 2 aromatic rings. The van der Waals surface area contributed by atoms with Gasteiger partial charge in [-0.1, -0.05) is 17.7 Å². The highest BCUT2D eigenvalue weighted by Gasteiger charge is 2.11. The Labute approximate surface area is 95.1 Å². The summed E-state index contributed by atoms with van der Waals surface area (Å²) < 4.78 is 10.8. The summed E-state index contributed by atoms with van der Waals surface area (Å²) in [6, 6.07) is 8.09. The van der Waals surface area contributed by atoms with Gasteiger partial charge in [0, 0.05) is 12.7 Å². The third-order valence-corrected chi connectivity index (χ3v) is 2.58. The van der Waals surface area contributed by atoms with Crippen LogP contribution in [0.5, 0.6) is 0 Å². The summed E-state index contributed by atoms with van der Waals surface area (Å²) in [4.78, 5) is 4.24. The molecule has 0 bridgehead atoms. The van der Waals surface area contributed by atoms with E-state index in [1.807, 2.05) is 31.2 Å². The Morgan fingerprint density at radius 3 is 2.56 bits per heavy atom. The van der Waals surface area contributed by atoms with Gasteiger partial charge in [-0.3, -0.25) is 0 Å². The first-order chi connectivity index (χ1) is 7.70. The van der Waals surface area contributed by atoms with E-state index in [2.05, 4.69) is 11.9 Å². The molecule has 1 aromatic heterocycles.